The van der Waals surface area contributed by atoms with E-state index in [4.69, 9.17) is 0 Å². The second-order valence-corrected chi connectivity index (χ2v) is 7.69. The van der Waals surface area contributed by atoms with E-state index in [9.17, 15) is 18.3 Å². The lowest BCUT2D eigenvalue weighted by atomic mass is 9.85. The van der Waals surface area contributed by atoms with E-state index in [0.29, 0.717) is 6.42 Å². The Morgan fingerprint density at radius 3 is 2.48 bits per heavy atom. The van der Waals surface area contributed by atoms with Crippen LogP contribution in [0.4, 0.5) is 0 Å². The minimum atomic E-state index is -3.75. The van der Waals surface area contributed by atoms with Gasteiger partial charge < -0.3 is 5.11 Å². The maximum absolute atomic E-state index is 12.9. The van der Waals surface area contributed by atoms with E-state index in [-0.39, 0.29) is 16.9 Å². The summed E-state index contributed by atoms with van der Waals surface area (Å²) in [5, 5.41) is 9.43. The van der Waals surface area contributed by atoms with E-state index in [0.717, 1.165) is 25.7 Å². The fourth-order valence-electron chi connectivity index (χ4n) is 3.69. The molecule has 0 aromatic heterocycles. The third-order valence-corrected chi connectivity index (χ3v) is 6.58. The van der Waals surface area contributed by atoms with E-state index in [1.165, 1.54) is 16.4 Å². The Labute approximate surface area is 124 Å². The van der Waals surface area contributed by atoms with Gasteiger partial charge in [-0.2, -0.15) is 4.31 Å². The standard InChI is InChI=1S/C15H19NO4S/c17-15(18)14-10-11-6-4-5-9-13(11)16(14)21(19,20)12-7-2-1-3-8-12/h1-3,7-8,11,13-14H,4-6,9-10H2,(H,17,18)/t11-,13-,14-/m0/s1. The van der Waals surface area contributed by atoms with Crippen molar-refractivity contribution in [1.82, 2.24) is 4.31 Å². The summed E-state index contributed by atoms with van der Waals surface area (Å²) in [6.07, 6.45) is 4.16. The summed E-state index contributed by atoms with van der Waals surface area (Å²) in [5.41, 5.74) is 0. The average molecular weight is 309 g/mol. The van der Waals surface area contributed by atoms with Gasteiger partial charge in [-0.25, -0.2) is 8.42 Å². The molecular formula is C15H19NO4S. The monoisotopic (exact) mass is 309 g/mol. The lowest BCUT2D eigenvalue weighted by Gasteiger charge is -2.32. The second-order valence-electron chi connectivity index (χ2n) is 5.85. The fourth-order valence-corrected chi connectivity index (χ4v) is 5.58. The zero-order valence-corrected chi connectivity index (χ0v) is 12.5. The molecule has 0 bridgehead atoms. The number of hydrogen-bond acceptors (Lipinski definition) is 3. The van der Waals surface area contributed by atoms with Gasteiger partial charge in [-0.3, -0.25) is 4.79 Å². The zero-order chi connectivity index (χ0) is 15.0. The summed E-state index contributed by atoms with van der Waals surface area (Å²) in [7, 11) is -3.75. The molecule has 3 rings (SSSR count). The third kappa shape index (κ3) is 2.46. The van der Waals surface area contributed by atoms with Gasteiger partial charge in [-0.05, 0) is 37.3 Å². The van der Waals surface area contributed by atoms with Gasteiger partial charge in [0.05, 0.1) is 4.90 Å². The number of sulfonamides is 1. The first kappa shape index (κ1) is 14.5. The van der Waals surface area contributed by atoms with E-state index in [1.54, 1.807) is 18.2 Å². The highest BCUT2D eigenvalue weighted by molar-refractivity contribution is 7.89. The van der Waals surface area contributed by atoms with Crippen LogP contribution in [0.5, 0.6) is 0 Å². The molecule has 1 heterocycles. The van der Waals surface area contributed by atoms with Crippen molar-refractivity contribution in [2.24, 2.45) is 5.92 Å². The molecule has 6 heteroatoms. The quantitative estimate of drug-likeness (QED) is 0.928. The summed E-state index contributed by atoms with van der Waals surface area (Å²) in [6.45, 7) is 0. The summed E-state index contributed by atoms with van der Waals surface area (Å²) < 4.78 is 27.0. The average Bonchev–Trinajstić information content (AvgIpc) is 2.88. The molecule has 1 saturated heterocycles. The highest BCUT2D eigenvalue weighted by atomic mass is 32.2. The molecule has 1 aromatic carbocycles. The van der Waals surface area contributed by atoms with E-state index < -0.39 is 22.0 Å². The van der Waals surface area contributed by atoms with E-state index in [1.807, 2.05) is 0 Å². The van der Waals surface area contributed by atoms with Gasteiger partial charge in [-0.1, -0.05) is 31.0 Å². The number of rotatable bonds is 3. The van der Waals surface area contributed by atoms with Gasteiger partial charge in [-0.15, -0.1) is 0 Å². The smallest absolute Gasteiger partial charge is 0.322 e. The Hall–Kier alpha value is -1.40. The summed E-state index contributed by atoms with van der Waals surface area (Å²) >= 11 is 0. The Morgan fingerprint density at radius 2 is 1.81 bits per heavy atom. The maximum Gasteiger partial charge on any atom is 0.322 e. The van der Waals surface area contributed by atoms with E-state index >= 15 is 0 Å². The highest BCUT2D eigenvalue weighted by Crippen LogP contribution is 2.42. The van der Waals surface area contributed by atoms with Crippen molar-refractivity contribution in [1.29, 1.82) is 0 Å². The number of benzene rings is 1. The topological polar surface area (TPSA) is 74.7 Å². The van der Waals surface area contributed by atoms with Gasteiger partial charge in [0.25, 0.3) is 0 Å². The van der Waals surface area contributed by atoms with Crippen molar-refractivity contribution in [3.63, 3.8) is 0 Å². The normalized spacial score (nSPS) is 30.0. The summed E-state index contributed by atoms with van der Waals surface area (Å²) in [6, 6.07) is 7.05. The second kappa shape index (κ2) is 5.42. The van der Waals surface area contributed by atoms with Gasteiger partial charge >= 0.3 is 5.97 Å². The number of carboxylic acids is 1. The Kier molecular flexibility index (Phi) is 3.75. The number of carboxylic acid groups (broad SMARTS) is 1. The van der Waals surface area contributed by atoms with Crippen LogP contribution in [0.2, 0.25) is 0 Å². The van der Waals surface area contributed by atoms with Crippen molar-refractivity contribution in [2.45, 2.75) is 49.1 Å². The molecule has 0 amide bonds. The van der Waals surface area contributed by atoms with E-state index in [2.05, 4.69) is 0 Å². The number of nitrogens with zero attached hydrogens (tertiary/aromatic N) is 1. The molecule has 0 spiro atoms. The van der Waals surface area contributed by atoms with Crippen molar-refractivity contribution >= 4 is 16.0 Å². The van der Waals surface area contributed by atoms with Crippen LogP contribution in [0.15, 0.2) is 35.2 Å². The number of aliphatic carboxylic acids is 1. The molecule has 1 saturated carbocycles. The molecular weight excluding hydrogens is 290 g/mol. The minimum Gasteiger partial charge on any atom is -0.480 e. The number of carbonyl (C=O) groups is 1. The van der Waals surface area contributed by atoms with Crippen LogP contribution in [0.25, 0.3) is 0 Å². The van der Waals surface area contributed by atoms with Crippen molar-refractivity contribution < 1.29 is 18.3 Å². The first-order valence-corrected chi connectivity index (χ1v) is 8.77. The van der Waals surface area contributed by atoms with Crippen molar-refractivity contribution in [3.8, 4) is 0 Å². The third-order valence-electron chi connectivity index (χ3n) is 4.63. The van der Waals surface area contributed by atoms with Crippen LogP contribution in [-0.2, 0) is 14.8 Å². The summed E-state index contributed by atoms with van der Waals surface area (Å²) in [4.78, 5) is 11.7. The predicted octanol–water partition coefficient (Wildman–Crippen LogP) is 2.09. The molecule has 3 atom stereocenters. The predicted molar refractivity (Wildman–Crippen MR) is 77.3 cm³/mol. The molecule has 0 unspecified atom stereocenters. The molecule has 114 valence electrons. The maximum atomic E-state index is 12.9. The molecule has 1 aliphatic heterocycles. The van der Waals surface area contributed by atoms with Crippen LogP contribution < -0.4 is 0 Å². The number of hydrogen-bond donors (Lipinski definition) is 1. The SMILES string of the molecule is O=C(O)[C@@H]1C[C@@H]2CCCC[C@@H]2N1S(=O)(=O)c1ccccc1. The van der Waals surface area contributed by atoms with Crippen LogP contribution in [-0.4, -0.2) is 35.9 Å². The molecule has 1 aromatic rings. The largest absolute Gasteiger partial charge is 0.480 e. The molecule has 5 nitrogen and oxygen atoms in total. The lowest BCUT2D eigenvalue weighted by molar-refractivity contribution is -0.141. The fraction of sp³-hybridized carbons (Fsp3) is 0.533. The number of fused-ring (bicyclic) bond motifs is 1. The molecule has 21 heavy (non-hydrogen) atoms. The highest BCUT2D eigenvalue weighted by Gasteiger charge is 2.51. The lowest BCUT2D eigenvalue weighted by Crippen LogP contribution is -2.46. The Balaban J connectivity index is 2.02. The van der Waals surface area contributed by atoms with Gasteiger partial charge in [0, 0.05) is 6.04 Å². The Morgan fingerprint density at radius 1 is 1.14 bits per heavy atom. The molecule has 1 N–H and O–H groups in total. The van der Waals surface area contributed by atoms with Crippen molar-refractivity contribution in [2.75, 3.05) is 0 Å². The first-order valence-electron chi connectivity index (χ1n) is 7.33. The Bertz CT molecular complexity index is 628. The van der Waals surface area contributed by atoms with Gasteiger partial charge in [0.2, 0.25) is 10.0 Å². The molecule has 2 fully saturated rings. The van der Waals surface area contributed by atoms with Gasteiger partial charge in [0.15, 0.2) is 0 Å². The molecule has 1 aliphatic carbocycles. The zero-order valence-electron chi connectivity index (χ0n) is 11.7. The summed E-state index contributed by atoms with van der Waals surface area (Å²) in [5.74, 6) is -0.859. The minimum absolute atomic E-state index is 0.162. The van der Waals surface area contributed by atoms with Gasteiger partial charge in [0.1, 0.15) is 6.04 Å². The van der Waals surface area contributed by atoms with Crippen LogP contribution in [0.3, 0.4) is 0 Å². The molecule has 2 aliphatic rings. The van der Waals surface area contributed by atoms with Crippen LogP contribution in [0.1, 0.15) is 32.1 Å². The van der Waals surface area contributed by atoms with Crippen molar-refractivity contribution in [3.05, 3.63) is 30.3 Å². The molecule has 0 radical (unpaired) electrons. The van der Waals surface area contributed by atoms with Crippen LogP contribution in [0, 0.1) is 5.92 Å². The first-order chi connectivity index (χ1) is 10.0. The van der Waals surface area contributed by atoms with Crippen LogP contribution >= 0.6 is 0 Å².